The van der Waals surface area contributed by atoms with Gasteiger partial charge in [0.1, 0.15) is 0 Å². The molecule has 0 saturated carbocycles. The molecular formula is C11H22N2O. The lowest BCUT2D eigenvalue weighted by atomic mass is 9.98. The summed E-state index contributed by atoms with van der Waals surface area (Å²) in [5, 5.41) is 3.48. The van der Waals surface area contributed by atoms with E-state index in [0.29, 0.717) is 6.04 Å². The standard InChI is InChI=1S/C11H22N2O/c1-10-9-14-6-5-13(10)8-11-3-2-4-12-7-11/h10-12H,2-9H2,1H3/t10-,11?/m1/s1. The number of hydrogen-bond donors (Lipinski definition) is 1. The molecular weight excluding hydrogens is 176 g/mol. The van der Waals surface area contributed by atoms with Crippen LogP contribution in [0.3, 0.4) is 0 Å². The minimum absolute atomic E-state index is 0.616. The Morgan fingerprint density at radius 3 is 3.14 bits per heavy atom. The molecule has 1 N–H and O–H groups in total. The van der Waals surface area contributed by atoms with Crippen molar-refractivity contribution < 1.29 is 4.74 Å². The predicted octanol–water partition coefficient (Wildman–Crippen LogP) is 0.707. The molecule has 2 rings (SSSR count). The van der Waals surface area contributed by atoms with Gasteiger partial charge in [0.15, 0.2) is 0 Å². The van der Waals surface area contributed by atoms with E-state index >= 15 is 0 Å². The summed E-state index contributed by atoms with van der Waals surface area (Å²) in [7, 11) is 0. The lowest BCUT2D eigenvalue weighted by Crippen LogP contribution is -2.47. The van der Waals surface area contributed by atoms with Gasteiger partial charge in [-0.15, -0.1) is 0 Å². The number of morpholine rings is 1. The maximum atomic E-state index is 5.44. The largest absolute Gasteiger partial charge is 0.379 e. The molecule has 2 atom stereocenters. The van der Waals surface area contributed by atoms with Gasteiger partial charge in [-0.1, -0.05) is 0 Å². The fourth-order valence-corrected chi connectivity index (χ4v) is 2.44. The van der Waals surface area contributed by atoms with Gasteiger partial charge in [0.05, 0.1) is 13.2 Å². The monoisotopic (exact) mass is 198 g/mol. The van der Waals surface area contributed by atoms with E-state index in [0.717, 1.165) is 25.7 Å². The van der Waals surface area contributed by atoms with Crippen molar-refractivity contribution in [3.63, 3.8) is 0 Å². The summed E-state index contributed by atoms with van der Waals surface area (Å²) >= 11 is 0. The molecule has 0 amide bonds. The number of piperidine rings is 1. The second kappa shape index (κ2) is 5.10. The van der Waals surface area contributed by atoms with Crippen LogP contribution < -0.4 is 5.32 Å². The summed E-state index contributed by atoms with van der Waals surface area (Å²) in [6.07, 6.45) is 2.75. The highest BCUT2D eigenvalue weighted by atomic mass is 16.5. The molecule has 2 saturated heterocycles. The maximum absolute atomic E-state index is 5.44. The van der Waals surface area contributed by atoms with Crippen LogP contribution in [0.15, 0.2) is 0 Å². The Hall–Kier alpha value is -0.120. The Morgan fingerprint density at radius 2 is 2.43 bits per heavy atom. The van der Waals surface area contributed by atoms with E-state index in [1.165, 1.54) is 32.5 Å². The average molecular weight is 198 g/mol. The van der Waals surface area contributed by atoms with Gasteiger partial charge in [-0.05, 0) is 38.8 Å². The second-order valence-corrected chi connectivity index (χ2v) is 4.63. The van der Waals surface area contributed by atoms with Crippen molar-refractivity contribution in [1.82, 2.24) is 10.2 Å². The Labute approximate surface area is 86.8 Å². The van der Waals surface area contributed by atoms with Crippen LogP contribution >= 0.6 is 0 Å². The average Bonchev–Trinajstić information content (AvgIpc) is 2.23. The van der Waals surface area contributed by atoms with Crippen LogP contribution in [0.5, 0.6) is 0 Å². The zero-order valence-corrected chi connectivity index (χ0v) is 9.17. The SMILES string of the molecule is C[C@@H]1COCCN1CC1CCCNC1. The molecule has 2 fully saturated rings. The number of hydrogen-bond acceptors (Lipinski definition) is 3. The highest BCUT2D eigenvalue weighted by molar-refractivity contribution is 4.77. The van der Waals surface area contributed by atoms with Crippen LogP contribution in [0, 0.1) is 5.92 Å². The Bertz CT molecular complexity index is 169. The van der Waals surface area contributed by atoms with Gasteiger partial charge in [-0.2, -0.15) is 0 Å². The molecule has 0 aromatic heterocycles. The summed E-state index contributed by atoms with van der Waals surface area (Å²) in [4.78, 5) is 2.58. The molecule has 1 unspecified atom stereocenters. The van der Waals surface area contributed by atoms with Crippen LogP contribution in [0.2, 0.25) is 0 Å². The van der Waals surface area contributed by atoms with Crippen LogP contribution in [-0.4, -0.2) is 50.3 Å². The molecule has 2 aliphatic rings. The third-order valence-corrected chi connectivity index (χ3v) is 3.40. The Kier molecular flexibility index (Phi) is 3.79. The van der Waals surface area contributed by atoms with E-state index in [9.17, 15) is 0 Å². The fraction of sp³-hybridized carbons (Fsp3) is 1.00. The zero-order valence-electron chi connectivity index (χ0n) is 9.17. The molecule has 0 spiro atoms. The van der Waals surface area contributed by atoms with Gasteiger partial charge >= 0.3 is 0 Å². The van der Waals surface area contributed by atoms with Gasteiger partial charge in [-0.3, -0.25) is 4.90 Å². The maximum Gasteiger partial charge on any atom is 0.0619 e. The Morgan fingerprint density at radius 1 is 1.50 bits per heavy atom. The van der Waals surface area contributed by atoms with Gasteiger partial charge in [0.25, 0.3) is 0 Å². The van der Waals surface area contributed by atoms with Crippen LogP contribution in [0.1, 0.15) is 19.8 Å². The second-order valence-electron chi connectivity index (χ2n) is 4.63. The fourth-order valence-electron chi connectivity index (χ4n) is 2.44. The van der Waals surface area contributed by atoms with E-state index in [2.05, 4.69) is 17.1 Å². The third kappa shape index (κ3) is 2.69. The zero-order chi connectivity index (χ0) is 9.80. The van der Waals surface area contributed by atoms with Gasteiger partial charge in [0, 0.05) is 19.1 Å². The van der Waals surface area contributed by atoms with Crippen molar-refractivity contribution in [2.24, 2.45) is 5.92 Å². The Balaban J connectivity index is 1.76. The molecule has 2 aliphatic heterocycles. The highest BCUT2D eigenvalue weighted by Crippen LogP contribution is 2.15. The van der Waals surface area contributed by atoms with E-state index < -0.39 is 0 Å². The normalized spacial score (nSPS) is 35.8. The van der Waals surface area contributed by atoms with Crippen molar-refractivity contribution in [1.29, 1.82) is 0 Å². The highest BCUT2D eigenvalue weighted by Gasteiger charge is 2.22. The molecule has 0 aromatic rings. The first-order valence-electron chi connectivity index (χ1n) is 5.89. The summed E-state index contributed by atoms with van der Waals surface area (Å²) in [5.41, 5.74) is 0. The van der Waals surface area contributed by atoms with Crippen molar-refractivity contribution >= 4 is 0 Å². The summed E-state index contributed by atoms with van der Waals surface area (Å²) in [5.74, 6) is 0.865. The summed E-state index contributed by atoms with van der Waals surface area (Å²) < 4.78 is 5.44. The van der Waals surface area contributed by atoms with Crippen LogP contribution in [0.4, 0.5) is 0 Å². The molecule has 0 bridgehead atoms. The minimum atomic E-state index is 0.616. The minimum Gasteiger partial charge on any atom is -0.379 e. The number of ether oxygens (including phenoxy) is 1. The number of nitrogens with zero attached hydrogens (tertiary/aromatic N) is 1. The molecule has 0 radical (unpaired) electrons. The van der Waals surface area contributed by atoms with Crippen LogP contribution in [-0.2, 0) is 4.74 Å². The molecule has 0 aliphatic carbocycles. The molecule has 82 valence electrons. The summed E-state index contributed by atoms with van der Waals surface area (Å²) in [6, 6.07) is 0.616. The molecule has 3 heteroatoms. The molecule has 2 heterocycles. The first-order valence-corrected chi connectivity index (χ1v) is 5.89. The van der Waals surface area contributed by atoms with Gasteiger partial charge in [-0.25, -0.2) is 0 Å². The lowest BCUT2D eigenvalue weighted by molar-refractivity contribution is -0.00866. The first-order chi connectivity index (χ1) is 6.86. The van der Waals surface area contributed by atoms with Crippen molar-refractivity contribution in [2.75, 3.05) is 39.4 Å². The summed E-state index contributed by atoms with van der Waals surface area (Å²) in [6.45, 7) is 8.93. The van der Waals surface area contributed by atoms with E-state index in [1.54, 1.807) is 0 Å². The van der Waals surface area contributed by atoms with Crippen LogP contribution in [0.25, 0.3) is 0 Å². The number of rotatable bonds is 2. The quantitative estimate of drug-likeness (QED) is 0.707. The molecule has 14 heavy (non-hydrogen) atoms. The molecule has 0 aromatic carbocycles. The predicted molar refractivity (Wildman–Crippen MR) is 57.4 cm³/mol. The van der Waals surface area contributed by atoms with E-state index in [4.69, 9.17) is 4.74 Å². The molecule has 3 nitrogen and oxygen atoms in total. The first kappa shape index (κ1) is 10.4. The van der Waals surface area contributed by atoms with Gasteiger partial charge < -0.3 is 10.1 Å². The van der Waals surface area contributed by atoms with Crippen molar-refractivity contribution in [3.05, 3.63) is 0 Å². The topological polar surface area (TPSA) is 24.5 Å². The van der Waals surface area contributed by atoms with E-state index in [-0.39, 0.29) is 0 Å². The smallest absolute Gasteiger partial charge is 0.0619 e. The van der Waals surface area contributed by atoms with Crippen molar-refractivity contribution in [3.8, 4) is 0 Å². The number of nitrogens with one attached hydrogen (secondary N) is 1. The lowest BCUT2D eigenvalue weighted by Gasteiger charge is -2.36. The van der Waals surface area contributed by atoms with E-state index in [1.807, 2.05) is 0 Å². The third-order valence-electron chi connectivity index (χ3n) is 3.40. The van der Waals surface area contributed by atoms with Crippen molar-refractivity contribution in [2.45, 2.75) is 25.8 Å². The van der Waals surface area contributed by atoms with Gasteiger partial charge in [0.2, 0.25) is 0 Å².